The highest BCUT2D eigenvalue weighted by Crippen LogP contribution is 2.52. The van der Waals surface area contributed by atoms with Crippen LogP contribution < -0.4 is 15.8 Å². The van der Waals surface area contributed by atoms with E-state index in [0.29, 0.717) is 6.54 Å². The van der Waals surface area contributed by atoms with Gasteiger partial charge in [0, 0.05) is 28.4 Å². The Morgan fingerprint density at radius 3 is 2.10 bits per heavy atom. The molecule has 1 aliphatic rings. The molecule has 9 rings (SSSR count). The first kappa shape index (κ1) is 37.1. The molecule has 0 amide bonds. The first-order valence-electron chi connectivity index (χ1n) is 20.4. The second-order valence-electron chi connectivity index (χ2n) is 15.8. The Morgan fingerprint density at radius 2 is 1.31 bits per heavy atom. The van der Waals surface area contributed by atoms with E-state index in [1.165, 1.54) is 71.9 Å². The number of nitrogens with zero attached hydrogens (tertiary/aromatic N) is 2. The lowest BCUT2D eigenvalue weighted by molar-refractivity contribution is 0.511. The molecule has 7 aromatic carbocycles. The third-order valence-corrected chi connectivity index (χ3v) is 12.0. The summed E-state index contributed by atoms with van der Waals surface area (Å²) in [6.07, 6.45) is 6.36. The molecular formula is C54H50N4. The van der Waals surface area contributed by atoms with Crippen molar-refractivity contribution in [3.05, 3.63) is 204 Å². The van der Waals surface area contributed by atoms with Crippen LogP contribution in [0.4, 0.5) is 5.69 Å². The number of hydrazine groups is 1. The summed E-state index contributed by atoms with van der Waals surface area (Å²) in [4.78, 5) is 0. The largest absolute Gasteiger partial charge is 0.309 e. The molecule has 8 aromatic rings. The second-order valence-corrected chi connectivity index (χ2v) is 15.8. The zero-order valence-electron chi connectivity index (χ0n) is 34.0. The number of hydrogen-bond acceptors (Lipinski definition) is 3. The Morgan fingerprint density at radius 1 is 0.638 bits per heavy atom. The highest BCUT2D eigenvalue weighted by Gasteiger charge is 2.37. The van der Waals surface area contributed by atoms with E-state index >= 15 is 0 Å². The Bertz CT molecular complexity index is 2820. The van der Waals surface area contributed by atoms with E-state index in [4.69, 9.17) is 0 Å². The molecule has 286 valence electrons. The normalized spacial score (nSPS) is 13.9. The highest BCUT2D eigenvalue weighted by atomic mass is 15.6. The summed E-state index contributed by atoms with van der Waals surface area (Å²) in [5.74, 6) is 0. The molecule has 1 aromatic heterocycles. The predicted molar refractivity (Wildman–Crippen MR) is 246 cm³/mol. The summed E-state index contributed by atoms with van der Waals surface area (Å²) in [7, 11) is 2.02. The van der Waals surface area contributed by atoms with Crippen molar-refractivity contribution in [2.45, 2.75) is 45.8 Å². The van der Waals surface area contributed by atoms with Gasteiger partial charge in [-0.1, -0.05) is 153 Å². The molecule has 1 unspecified atom stereocenters. The number of allylic oxidation sites excluding steroid dienone is 2. The first-order valence-corrected chi connectivity index (χ1v) is 20.4. The molecule has 4 heteroatoms. The standard InChI is InChI=1S/C54H50N4/c1-6-17-38(7-2)53(55-5)58(56-36-37-18-9-8-10-19-37)43-21-15-20-40(34-43)41-30-33-51-48(35-41)46-23-12-14-27-50(46)57(51)42-31-28-39(29-32-42)44-24-16-25-47-45-22-11-13-26-49(45)54(3,4)52(44)47/h6-35,53,55-56H,36H2,1-5H3/b17-6-,38-7+. The van der Waals surface area contributed by atoms with Gasteiger partial charge in [-0.3, -0.25) is 10.3 Å². The van der Waals surface area contributed by atoms with E-state index in [0.717, 1.165) is 16.9 Å². The van der Waals surface area contributed by atoms with Crippen molar-refractivity contribution in [2.75, 3.05) is 12.1 Å². The summed E-state index contributed by atoms with van der Waals surface area (Å²) < 4.78 is 2.41. The Hall–Kier alpha value is -6.46. The van der Waals surface area contributed by atoms with E-state index in [1.807, 2.05) is 7.05 Å². The Balaban J connectivity index is 1.09. The summed E-state index contributed by atoms with van der Waals surface area (Å²) in [6.45, 7) is 9.58. The maximum Gasteiger partial charge on any atom is 0.120 e. The SMILES string of the molecule is C/C=C\C(=C/C)C(NC)N(NCc1ccccc1)c1cccc(-c2ccc3c(c2)c2ccccc2n3-c2ccc(-c3cccc4c3C(C)(C)c3ccccc3-4)cc2)c1. The summed E-state index contributed by atoms with van der Waals surface area (Å²) in [5.41, 5.74) is 21.1. The number of nitrogens with one attached hydrogen (secondary N) is 2. The fourth-order valence-electron chi connectivity index (χ4n) is 9.23. The second kappa shape index (κ2) is 15.5. The maximum absolute atomic E-state index is 3.76. The summed E-state index contributed by atoms with van der Waals surface area (Å²) in [5, 5.41) is 8.30. The van der Waals surface area contributed by atoms with E-state index in [-0.39, 0.29) is 11.6 Å². The highest BCUT2D eigenvalue weighted by molar-refractivity contribution is 6.10. The Kier molecular flexibility index (Phi) is 9.91. The third kappa shape index (κ3) is 6.45. The zero-order valence-corrected chi connectivity index (χ0v) is 34.0. The number of rotatable bonds is 11. The van der Waals surface area contributed by atoms with Crippen molar-refractivity contribution in [1.29, 1.82) is 0 Å². The molecular weight excluding hydrogens is 705 g/mol. The zero-order chi connectivity index (χ0) is 39.8. The van der Waals surface area contributed by atoms with Crippen molar-refractivity contribution in [1.82, 2.24) is 15.3 Å². The molecule has 1 atom stereocenters. The van der Waals surface area contributed by atoms with E-state index in [9.17, 15) is 0 Å². The first-order chi connectivity index (χ1) is 28.4. The number of benzene rings is 7. The molecule has 0 aliphatic heterocycles. The Labute approximate surface area is 342 Å². The van der Waals surface area contributed by atoms with Crippen LogP contribution in [0.25, 0.3) is 60.9 Å². The van der Waals surface area contributed by atoms with E-state index < -0.39 is 0 Å². The van der Waals surface area contributed by atoms with Crippen LogP contribution >= 0.6 is 0 Å². The van der Waals surface area contributed by atoms with Gasteiger partial charge in [-0.15, -0.1) is 0 Å². The van der Waals surface area contributed by atoms with Gasteiger partial charge in [-0.2, -0.15) is 0 Å². The smallest absolute Gasteiger partial charge is 0.120 e. The van der Waals surface area contributed by atoms with Gasteiger partial charge in [0.05, 0.1) is 16.7 Å². The average Bonchev–Trinajstić information content (AvgIpc) is 3.73. The molecule has 4 nitrogen and oxygen atoms in total. The van der Waals surface area contributed by atoms with Crippen LogP contribution in [0.1, 0.15) is 44.4 Å². The molecule has 0 saturated carbocycles. The summed E-state index contributed by atoms with van der Waals surface area (Å²) >= 11 is 0. The average molecular weight is 755 g/mol. The molecule has 0 bridgehead atoms. The van der Waals surface area contributed by atoms with Crippen molar-refractivity contribution < 1.29 is 0 Å². The van der Waals surface area contributed by atoms with Gasteiger partial charge in [-0.25, -0.2) is 5.43 Å². The van der Waals surface area contributed by atoms with Crippen LogP contribution in [-0.2, 0) is 12.0 Å². The quantitative estimate of drug-likeness (QED) is 0.0783. The number of anilines is 1. The topological polar surface area (TPSA) is 32.2 Å². The fraction of sp³-hybridized carbons (Fsp3) is 0.148. The van der Waals surface area contributed by atoms with Crippen molar-refractivity contribution in [3.63, 3.8) is 0 Å². The van der Waals surface area contributed by atoms with Crippen LogP contribution in [0.2, 0.25) is 0 Å². The van der Waals surface area contributed by atoms with E-state index in [1.54, 1.807) is 0 Å². The van der Waals surface area contributed by atoms with Crippen molar-refractivity contribution >= 4 is 27.5 Å². The third-order valence-electron chi connectivity index (χ3n) is 12.0. The van der Waals surface area contributed by atoms with Crippen LogP contribution in [0.3, 0.4) is 0 Å². The van der Waals surface area contributed by atoms with Gasteiger partial charge >= 0.3 is 0 Å². The molecule has 0 fully saturated rings. The summed E-state index contributed by atoms with van der Waals surface area (Å²) in [6, 6.07) is 60.0. The van der Waals surface area contributed by atoms with Gasteiger partial charge < -0.3 is 4.57 Å². The molecule has 58 heavy (non-hydrogen) atoms. The van der Waals surface area contributed by atoms with Crippen LogP contribution in [-0.4, -0.2) is 17.8 Å². The van der Waals surface area contributed by atoms with Gasteiger partial charge in [0.15, 0.2) is 0 Å². The minimum Gasteiger partial charge on any atom is -0.309 e. The van der Waals surface area contributed by atoms with Gasteiger partial charge in [0.1, 0.15) is 6.17 Å². The van der Waals surface area contributed by atoms with Crippen LogP contribution in [0, 0.1) is 0 Å². The van der Waals surface area contributed by atoms with Gasteiger partial charge in [0.2, 0.25) is 0 Å². The van der Waals surface area contributed by atoms with Crippen LogP contribution in [0.5, 0.6) is 0 Å². The number of fused-ring (bicyclic) bond motifs is 6. The van der Waals surface area contributed by atoms with Crippen molar-refractivity contribution in [3.8, 4) is 39.1 Å². The van der Waals surface area contributed by atoms with Crippen LogP contribution in [0.15, 0.2) is 188 Å². The lowest BCUT2D eigenvalue weighted by Crippen LogP contribution is -2.52. The van der Waals surface area contributed by atoms with Gasteiger partial charge in [-0.05, 0) is 119 Å². The molecule has 0 spiro atoms. The number of para-hydroxylation sites is 1. The lowest BCUT2D eigenvalue weighted by atomic mass is 9.79. The molecule has 0 radical (unpaired) electrons. The molecule has 2 N–H and O–H groups in total. The molecule has 0 saturated heterocycles. The monoisotopic (exact) mass is 754 g/mol. The molecule has 1 aliphatic carbocycles. The maximum atomic E-state index is 3.76. The van der Waals surface area contributed by atoms with Crippen molar-refractivity contribution in [2.24, 2.45) is 0 Å². The number of hydrogen-bond donors (Lipinski definition) is 2. The molecule has 1 heterocycles. The minimum atomic E-state index is -0.0856. The predicted octanol–water partition coefficient (Wildman–Crippen LogP) is 13.0. The van der Waals surface area contributed by atoms with Gasteiger partial charge in [0.25, 0.3) is 0 Å². The number of aromatic nitrogens is 1. The van der Waals surface area contributed by atoms with E-state index in [2.05, 4.69) is 230 Å². The minimum absolute atomic E-state index is 0.0707. The number of likely N-dealkylation sites (N-methyl/N-ethyl adjacent to an activating group) is 1. The fourth-order valence-corrected chi connectivity index (χ4v) is 9.23. The lowest BCUT2D eigenvalue weighted by Gasteiger charge is -2.35.